The van der Waals surface area contributed by atoms with Crippen LogP contribution in [0.15, 0.2) is 24.3 Å². The van der Waals surface area contributed by atoms with Crippen LogP contribution in [0, 0.1) is 3.57 Å². The molecule has 0 aromatic heterocycles. The molecule has 1 atom stereocenters. The van der Waals surface area contributed by atoms with E-state index >= 15 is 0 Å². The molecular formula is C10H12ClF3IN. The molecule has 6 heteroatoms. The van der Waals surface area contributed by atoms with Gasteiger partial charge in [-0.15, -0.1) is 12.4 Å². The van der Waals surface area contributed by atoms with Crippen LogP contribution in [0.2, 0.25) is 0 Å². The molecule has 0 fully saturated rings. The SMILES string of the molecule is Cl.N[C@H](CCC(F)(F)F)c1ccccc1I. The van der Waals surface area contributed by atoms with E-state index in [4.69, 9.17) is 5.73 Å². The quantitative estimate of drug-likeness (QED) is 0.804. The van der Waals surface area contributed by atoms with Gasteiger partial charge in [-0.05, 0) is 40.6 Å². The summed E-state index contributed by atoms with van der Waals surface area (Å²) >= 11 is 2.07. The Bertz CT molecular complexity index is 330. The second-order valence-corrected chi connectivity index (χ2v) is 4.44. The minimum absolute atomic E-state index is 0. The van der Waals surface area contributed by atoms with Crippen LogP contribution in [-0.2, 0) is 0 Å². The average molecular weight is 366 g/mol. The van der Waals surface area contributed by atoms with Crippen molar-refractivity contribution in [1.82, 2.24) is 0 Å². The van der Waals surface area contributed by atoms with Gasteiger partial charge in [0.15, 0.2) is 0 Å². The number of nitrogens with two attached hydrogens (primary N) is 1. The topological polar surface area (TPSA) is 26.0 Å². The third kappa shape index (κ3) is 5.36. The molecule has 0 aliphatic carbocycles. The molecular weight excluding hydrogens is 353 g/mol. The van der Waals surface area contributed by atoms with Gasteiger partial charge >= 0.3 is 6.18 Å². The van der Waals surface area contributed by atoms with Crippen LogP contribution in [0.4, 0.5) is 13.2 Å². The molecule has 0 unspecified atom stereocenters. The Morgan fingerprint density at radius 1 is 1.25 bits per heavy atom. The van der Waals surface area contributed by atoms with Crippen molar-refractivity contribution < 1.29 is 13.2 Å². The van der Waals surface area contributed by atoms with E-state index in [0.29, 0.717) is 0 Å². The van der Waals surface area contributed by atoms with Gasteiger partial charge in [-0.1, -0.05) is 18.2 Å². The molecule has 2 N–H and O–H groups in total. The fourth-order valence-electron chi connectivity index (χ4n) is 1.25. The van der Waals surface area contributed by atoms with Crippen LogP contribution in [0.3, 0.4) is 0 Å². The molecule has 0 amide bonds. The molecule has 1 aromatic carbocycles. The van der Waals surface area contributed by atoms with Gasteiger partial charge in [0.1, 0.15) is 0 Å². The van der Waals surface area contributed by atoms with Crippen LogP contribution in [-0.4, -0.2) is 6.18 Å². The van der Waals surface area contributed by atoms with E-state index < -0.39 is 18.6 Å². The summed E-state index contributed by atoms with van der Waals surface area (Å²) in [5, 5.41) is 0. The molecule has 0 aliphatic heterocycles. The molecule has 92 valence electrons. The zero-order valence-corrected chi connectivity index (χ0v) is 11.3. The van der Waals surface area contributed by atoms with E-state index in [1.807, 2.05) is 12.1 Å². The first kappa shape index (κ1) is 16.0. The molecule has 16 heavy (non-hydrogen) atoms. The molecule has 0 spiro atoms. The molecule has 0 bridgehead atoms. The van der Waals surface area contributed by atoms with Crippen LogP contribution in [0.5, 0.6) is 0 Å². The molecule has 1 rings (SSSR count). The van der Waals surface area contributed by atoms with Crippen molar-refractivity contribution in [2.75, 3.05) is 0 Å². The van der Waals surface area contributed by atoms with Crippen molar-refractivity contribution in [3.8, 4) is 0 Å². The molecule has 0 heterocycles. The highest BCUT2D eigenvalue weighted by Gasteiger charge is 2.28. The van der Waals surface area contributed by atoms with E-state index in [1.54, 1.807) is 12.1 Å². The van der Waals surface area contributed by atoms with Crippen molar-refractivity contribution in [1.29, 1.82) is 0 Å². The smallest absolute Gasteiger partial charge is 0.324 e. The Labute approximate surface area is 112 Å². The molecule has 1 nitrogen and oxygen atoms in total. The fourth-order valence-corrected chi connectivity index (χ4v) is 2.04. The van der Waals surface area contributed by atoms with Crippen LogP contribution < -0.4 is 5.73 Å². The van der Waals surface area contributed by atoms with Gasteiger partial charge in [-0.25, -0.2) is 0 Å². The van der Waals surface area contributed by atoms with Crippen molar-refractivity contribution >= 4 is 35.0 Å². The van der Waals surface area contributed by atoms with Crippen molar-refractivity contribution in [3.63, 3.8) is 0 Å². The first-order chi connectivity index (χ1) is 6.90. The Balaban J connectivity index is 0.00000225. The molecule has 0 radical (unpaired) electrons. The lowest BCUT2D eigenvalue weighted by Crippen LogP contribution is -2.16. The lowest BCUT2D eigenvalue weighted by Gasteiger charge is -2.14. The Morgan fingerprint density at radius 2 is 1.81 bits per heavy atom. The van der Waals surface area contributed by atoms with E-state index in [1.165, 1.54) is 0 Å². The monoisotopic (exact) mass is 365 g/mol. The molecule has 0 saturated carbocycles. The molecule has 1 aromatic rings. The first-order valence-electron chi connectivity index (χ1n) is 4.47. The van der Waals surface area contributed by atoms with Crippen molar-refractivity contribution in [2.24, 2.45) is 5.73 Å². The van der Waals surface area contributed by atoms with Gasteiger partial charge in [0.2, 0.25) is 0 Å². The summed E-state index contributed by atoms with van der Waals surface area (Å²) in [6.45, 7) is 0. The average Bonchev–Trinajstić information content (AvgIpc) is 2.14. The molecule has 0 aliphatic rings. The van der Waals surface area contributed by atoms with Crippen LogP contribution in [0.25, 0.3) is 0 Å². The van der Waals surface area contributed by atoms with Crippen LogP contribution >= 0.6 is 35.0 Å². The second kappa shape index (κ2) is 6.66. The summed E-state index contributed by atoms with van der Waals surface area (Å²) in [6.07, 6.45) is -5.03. The number of rotatable bonds is 3. The fraction of sp³-hybridized carbons (Fsp3) is 0.400. The van der Waals surface area contributed by atoms with E-state index in [-0.39, 0.29) is 18.8 Å². The highest BCUT2D eigenvalue weighted by atomic mass is 127. The van der Waals surface area contributed by atoms with Gasteiger partial charge in [0.25, 0.3) is 0 Å². The number of hydrogen-bond acceptors (Lipinski definition) is 1. The largest absolute Gasteiger partial charge is 0.389 e. The zero-order valence-electron chi connectivity index (χ0n) is 8.30. The normalized spacial score (nSPS) is 13.1. The first-order valence-corrected chi connectivity index (χ1v) is 5.55. The predicted molar refractivity (Wildman–Crippen MR) is 68.6 cm³/mol. The summed E-state index contributed by atoms with van der Waals surface area (Å²) in [7, 11) is 0. The summed E-state index contributed by atoms with van der Waals surface area (Å²) in [4.78, 5) is 0. The Kier molecular flexibility index (Phi) is 6.65. The minimum atomic E-state index is -4.13. The minimum Gasteiger partial charge on any atom is -0.324 e. The standard InChI is InChI=1S/C10H11F3IN.ClH/c11-10(12,13)6-5-9(15)7-3-1-2-4-8(7)14;/h1-4,9H,5-6,15H2;1H/t9-;/m1./s1. The summed E-state index contributed by atoms with van der Waals surface area (Å²) in [6, 6.07) is 6.68. The zero-order chi connectivity index (χ0) is 11.5. The lowest BCUT2D eigenvalue weighted by molar-refractivity contribution is -0.136. The summed E-state index contributed by atoms with van der Waals surface area (Å²) < 4.78 is 36.8. The number of halogens is 5. The highest BCUT2D eigenvalue weighted by Crippen LogP contribution is 2.27. The van der Waals surface area contributed by atoms with Crippen molar-refractivity contribution in [3.05, 3.63) is 33.4 Å². The Morgan fingerprint density at radius 3 is 2.31 bits per heavy atom. The van der Waals surface area contributed by atoms with E-state index in [2.05, 4.69) is 22.6 Å². The summed E-state index contributed by atoms with van der Waals surface area (Å²) in [5.74, 6) is 0. The van der Waals surface area contributed by atoms with Gasteiger partial charge in [-0.2, -0.15) is 13.2 Å². The van der Waals surface area contributed by atoms with Gasteiger partial charge in [-0.3, -0.25) is 0 Å². The van der Waals surface area contributed by atoms with Gasteiger partial charge in [0, 0.05) is 16.0 Å². The van der Waals surface area contributed by atoms with Gasteiger partial charge in [0.05, 0.1) is 0 Å². The third-order valence-electron chi connectivity index (χ3n) is 2.04. The number of benzene rings is 1. The van der Waals surface area contributed by atoms with Crippen molar-refractivity contribution in [2.45, 2.75) is 25.1 Å². The van der Waals surface area contributed by atoms with Gasteiger partial charge < -0.3 is 5.73 Å². The maximum absolute atomic E-state index is 12.0. The second-order valence-electron chi connectivity index (χ2n) is 3.28. The highest BCUT2D eigenvalue weighted by molar-refractivity contribution is 14.1. The number of alkyl halides is 3. The maximum atomic E-state index is 12.0. The maximum Gasteiger partial charge on any atom is 0.389 e. The lowest BCUT2D eigenvalue weighted by atomic mass is 10.0. The number of hydrogen-bond donors (Lipinski definition) is 1. The Hall–Kier alpha value is -0.0100. The van der Waals surface area contributed by atoms with E-state index in [9.17, 15) is 13.2 Å². The summed E-state index contributed by atoms with van der Waals surface area (Å²) in [5.41, 5.74) is 6.48. The van der Waals surface area contributed by atoms with Crippen LogP contribution in [0.1, 0.15) is 24.4 Å². The van der Waals surface area contributed by atoms with E-state index in [0.717, 1.165) is 9.13 Å². The molecule has 0 saturated heterocycles. The predicted octanol–water partition coefficient (Wildman–Crippen LogP) is 4.06. The third-order valence-corrected chi connectivity index (χ3v) is 3.03.